The Morgan fingerprint density at radius 1 is 1.15 bits per heavy atom. The maximum Gasteiger partial charge on any atom is 0.407 e. The minimum atomic E-state index is -0.341. The first-order valence-corrected chi connectivity index (χ1v) is 9.91. The molecule has 26 heavy (non-hydrogen) atoms. The van der Waals surface area contributed by atoms with E-state index in [2.05, 4.69) is 34.5 Å². The summed E-state index contributed by atoms with van der Waals surface area (Å²) in [5.74, 6) is 1.74. The molecular formula is C21H24N2O3. The Labute approximate surface area is 153 Å². The minimum absolute atomic E-state index is 0.0452. The van der Waals surface area contributed by atoms with Crippen LogP contribution in [0.1, 0.15) is 49.1 Å². The zero-order valence-electron chi connectivity index (χ0n) is 14.9. The Balaban J connectivity index is 1.12. The summed E-state index contributed by atoms with van der Waals surface area (Å²) in [6.45, 7) is 2.18. The Morgan fingerprint density at radius 2 is 1.92 bits per heavy atom. The third-order valence-electron chi connectivity index (χ3n) is 7.46. The van der Waals surface area contributed by atoms with Gasteiger partial charge in [-0.25, -0.2) is 4.79 Å². The summed E-state index contributed by atoms with van der Waals surface area (Å²) >= 11 is 0. The van der Waals surface area contributed by atoms with Crippen LogP contribution in [-0.2, 0) is 14.9 Å². The van der Waals surface area contributed by atoms with E-state index in [0.717, 1.165) is 31.8 Å². The van der Waals surface area contributed by atoms with Gasteiger partial charge in [0.05, 0.1) is 5.54 Å². The fourth-order valence-electron chi connectivity index (χ4n) is 5.63. The van der Waals surface area contributed by atoms with E-state index in [1.165, 1.54) is 30.4 Å². The Morgan fingerprint density at radius 3 is 2.58 bits per heavy atom. The second-order valence-corrected chi connectivity index (χ2v) is 9.26. The molecule has 6 rings (SSSR count). The molecule has 2 saturated heterocycles. The molecule has 0 radical (unpaired) electrons. The van der Waals surface area contributed by atoms with Crippen molar-refractivity contribution in [1.82, 2.24) is 10.2 Å². The lowest BCUT2D eigenvalue weighted by Crippen LogP contribution is -2.58. The van der Waals surface area contributed by atoms with Crippen molar-refractivity contribution >= 4 is 12.0 Å². The van der Waals surface area contributed by atoms with Gasteiger partial charge in [-0.2, -0.15) is 0 Å². The number of likely N-dealkylation sites (tertiary alicyclic amines) is 1. The highest BCUT2D eigenvalue weighted by atomic mass is 16.6. The van der Waals surface area contributed by atoms with Crippen LogP contribution in [0.2, 0.25) is 0 Å². The van der Waals surface area contributed by atoms with Crippen LogP contribution in [0, 0.1) is 11.8 Å². The molecule has 2 amide bonds. The van der Waals surface area contributed by atoms with Gasteiger partial charge in [0.1, 0.15) is 6.61 Å². The van der Waals surface area contributed by atoms with Gasteiger partial charge in [0.2, 0.25) is 5.91 Å². The van der Waals surface area contributed by atoms with Gasteiger partial charge in [0, 0.05) is 24.4 Å². The highest BCUT2D eigenvalue weighted by molar-refractivity contribution is 5.82. The van der Waals surface area contributed by atoms with Crippen molar-refractivity contribution in [1.29, 1.82) is 0 Å². The molecule has 1 spiro atoms. The molecule has 3 aliphatic carbocycles. The Kier molecular flexibility index (Phi) is 2.79. The number of alkyl carbamates (subject to hydrolysis) is 1. The molecular weight excluding hydrogens is 328 g/mol. The number of piperidine rings is 1. The lowest BCUT2D eigenvalue weighted by atomic mass is 9.68. The number of carbonyl (C=O) groups excluding carboxylic acids is 2. The Hall–Kier alpha value is -2.04. The standard InChI is InChI=1S/C21H24N2O3/c24-18(15-7-20(8-15)12-26-19(25)22-20)23-10-17-9-21(17,11-23)16-5-3-14(4-6-16)13-1-2-13/h3-6,13,15,17H,1-2,7-12H2,(H,22,25). The summed E-state index contributed by atoms with van der Waals surface area (Å²) in [4.78, 5) is 26.3. The summed E-state index contributed by atoms with van der Waals surface area (Å²) < 4.78 is 5.02. The van der Waals surface area contributed by atoms with Crippen molar-refractivity contribution in [2.45, 2.75) is 49.0 Å². The summed E-state index contributed by atoms with van der Waals surface area (Å²) in [5, 5.41) is 2.88. The first-order chi connectivity index (χ1) is 12.6. The van der Waals surface area contributed by atoms with Crippen LogP contribution in [-0.4, -0.2) is 42.1 Å². The second-order valence-electron chi connectivity index (χ2n) is 9.26. The fraction of sp³-hybridized carbons (Fsp3) is 0.619. The third-order valence-corrected chi connectivity index (χ3v) is 7.46. The van der Waals surface area contributed by atoms with Crippen LogP contribution in [0.3, 0.4) is 0 Å². The predicted octanol–water partition coefficient (Wildman–Crippen LogP) is 2.55. The molecule has 0 bridgehead atoms. The second kappa shape index (κ2) is 4.81. The number of cyclic esters (lactones) is 1. The highest BCUT2D eigenvalue weighted by Gasteiger charge is 2.63. The van der Waals surface area contributed by atoms with Crippen LogP contribution in [0.25, 0.3) is 0 Å². The lowest BCUT2D eigenvalue weighted by molar-refractivity contribution is -0.140. The summed E-state index contributed by atoms with van der Waals surface area (Å²) in [6, 6.07) is 9.23. The quantitative estimate of drug-likeness (QED) is 0.909. The zero-order chi connectivity index (χ0) is 17.5. The molecule has 5 nitrogen and oxygen atoms in total. The van der Waals surface area contributed by atoms with E-state index in [1.807, 2.05) is 0 Å². The lowest BCUT2D eigenvalue weighted by Gasteiger charge is -2.43. The normalized spacial score (nSPS) is 40.0. The molecule has 5 heteroatoms. The largest absolute Gasteiger partial charge is 0.447 e. The number of amides is 2. The van der Waals surface area contributed by atoms with Crippen LogP contribution in [0.5, 0.6) is 0 Å². The third kappa shape index (κ3) is 2.09. The monoisotopic (exact) mass is 352 g/mol. The predicted molar refractivity (Wildman–Crippen MR) is 94.7 cm³/mol. The number of hydrogen-bond acceptors (Lipinski definition) is 3. The number of fused-ring (bicyclic) bond motifs is 1. The first-order valence-electron chi connectivity index (χ1n) is 9.91. The van der Waals surface area contributed by atoms with Crippen molar-refractivity contribution < 1.29 is 14.3 Å². The van der Waals surface area contributed by atoms with Crippen molar-refractivity contribution in [2.75, 3.05) is 19.7 Å². The molecule has 0 aromatic heterocycles. The maximum atomic E-state index is 12.9. The molecule has 2 aliphatic heterocycles. The number of rotatable bonds is 3. The van der Waals surface area contributed by atoms with Gasteiger partial charge in [-0.05, 0) is 55.1 Å². The smallest absolute Gasteiger partial charge is 0.407 e. The topological polar surface area (TPSA) is 58.6 Å². The zero-order valence-corrected chi connectivity index (χ0v) is 14.9. The SMILES string of the molecule is O=C1NC2(CO1)CC(C(=O)N1CC3CC3(c3ccc(C4CC4)cc3)C1)C2. The molecule has 2 unspecified atom stereocenters. The van der Waals surface area contributed by atoms with E-state index < -0.39 is 0 Å². The molecule has 5 aliphatic rings. The average Bonchev–Trinajstić information content (AvgIpc) is 3.52. The van der Waals surface area contributed by atoms with Gasteiger partial charge in [-0.3, -0.25) is 4.79 Å². The highest BCUT2D eigenvalue weighted by Crippen LogP contribution is 2.59. The average molecular weight is 352 g/mol. The van der Waals surface area contributed by atoms with E-state index in [9.17, 15) is 9.59 Å². The molecule has 2 atom stereocenters. The minimum Gasteiger partial charge on any atom is -0.447 e. The van der Waals surface area contributed by atoms with Gasteiger partial charge in [0.15, 0.2) is 0 Å². The molecule has 136 valence electrons. The summed E-state index contributed by atoms with van der Waals surface area (Å²) in [6.07, 6.45) is 5.00. The van der Waals surface area contributed by atoms with Crippen molar-refractivity contribution in [3.63, 3.8) is 0 Å². The van der Waals surface area contributed by atoms with E-state index in [4.69, 9.17) is 4.74 Å². The molecule has 2 heterocycles. The van der Waals surface area contributed by atoms with Gasteiger partial charge < -0.3 is 15.0 Å². The van der Waals surface area contributed by atoms with Crippen molar-refractivity contribution in [2.24, 2.45) is 11.8 Å². The van der Waals surface area contributed by atoms with Crippen LogP contribution in [0.4, 0.5) is 4.79 Å². The summed E-state index contributed by atoms with van der Waals surface area (Å²) in [5.41, 5.74) is 2.85. The van der Waals surface area contributed by atoms with Gasteiger partial charge in [0.25, 0.3) is 0 Å². The molecule has 1 N–H and O–H groups in total. The van der Waals surface area contributed by atoms with Crippen molar-refractivity contribution in [3.8, 4) is 0 Å². The van der Waals surface area contributed by atoms with E-state index in [1.54, 1.807) is 0 Å². The van der Waals surface area contributed by atoms with Crippen LogP contribution in [0.15, 0.2) is 24.3 Å². The molecule has 1 aromatic rings. The van der Waals surface area contributed by atoms with Gasteiger partial charge in [-0.1, -0.05) is 24.3 Å². The summed E-state index contributed by atoms with van der Waals surface area (Å²) in [7, 11) is 0. The van der Waals surface area contributed by atoms with E-state index in [0.29, 0.717) is 12.5 Å². The number of ether oxygens (including phenoxy) is 1. The van der Waals surface area contributed by atoms with Gasteiger partial charge in [-0.15, -0.1) is 0 Å². The molecule has 1 aromatic carbocycles. The first kappa shape index (κ1) is 15.1. The van der Waals surface area contributed by atoms with Crippen LogP contribution >= 0.6 is 0 Å². The van der Waals surface area contributed by atoms with E-state index >= 15 is 0 Å². The number of nitrogens with zero attached hydrogens (tertiary/aromatic N) is 1. The molecule has 3 saturated carbocycles. The van der Waals surface area contributed by atoms with Gasteiger partial charge >= 0.3 is 6.09 Å². The van der Waals surface area contributed by atoms with Crippen molar-refractivity contribution in [3.05, 3.63) is 35.4 Å². The number of benzene rings is 1. The Bertz CT molecular complexity index is 794. The fourth-order valence-corrected chi connectivity index (χ4v) is 5.63. The maximum absolute atomic E-state index is 12.9. The molecule has 5 fully saturated rings. The number of nitrogens with one attached hydrogen (secondary N) is 1. The van der Waals surface area contributed by atoms with Crippen LogP contribution < -0.4 is 5.32 Å². The number of carbonyl (C=O) groups is 2. The number of hydrogen-bond donors (Lipinski definition) is 1. The van der Waals surface area contributed by atoms with E-state index in [-0.39, 0.29) is 28.9 Å².